The van der Waals surface area contributed by atoms with Gasteiger partial charge in [-0.25, -0.2) is 0 Å². The van der Waals surface area contributed by atoms with Crippen molar-refractivity contribution in [2.24, 2.45) is 0 Å². The number of carbonyl (C=O) groups is 2. The van der Waals surface area contributed by atoms with Crippen LogP contribution in [0.1, 0.15) is 28.4 Å². The lowest BCUT2D eigenvalue weighted by atomic mass is 10.0. The molecule has 0 atom stereocenters. The molecule has 1 rings (SSSR count). The number of carbonyl (C=O) groups excluding carboxylic acids is 2. The molecular weight excluding hydrogens is 238 g/mol. The first-order valence-electron chi connectivity index (χ1n) is 4.99. The van der Waals surface area contributed by atoms with Crippen molar-refractivity contribution in [2.75, 3.05) is 6.61 Å². The average Bonchev–Trinajstić information content (AvgIpc) is 2.32. The van der Waals surface area contributed by atoms with Gasteiger partial charge in [0, 0.05) is 10.5 Å². The summed E-state index contributed by atoms with van der Waals surface area (Å²) >= 11 is 4.17. The molecule has 5 heteroatoms. The van der Waals surface area contributed by atoms with Crippen LogP contribution >= 0.6 is 12.6 Å². The Morgan fingerprint density at radius 2 is 2.29 bits per heavy atom. The Labute approximate surface area is 105 Å². The molecule has 0 N–H and O–H groups in total. The molecule has 0 aliphatic carbocycles. The lowest BCUT2D eigenvalue weighted by Gasteiger charge is -2.07. The number of benzene rings is 1. The molecule has 1 aromatic carbocycles. The van der Waals surface area contributed by atoms with Gasteiger partial charge in [0.05, 0.1) is 24.7 Å². The highest BCUT2D eigenvalue weighted by Crippen LogP contribution is 2.21. The van der Waals surface area contributed by atoms with Crippen LogP contribution in [-0.2, 0) is 16.0 Å². The van der Waals surface area contributed by atoms with Gasteiger partial charge in [-0.2, -0.15) is 5.26 Å². The van der Waals surface area contributed by atoms with Crippen LogP contribution in [0.5, 0.6) is 0 Å². The monoisotopic (exact) mass is 249 g/mol. The van der Waals surface area contributed by atoms with E-state index in [0.717, 1.165) is 0 Å². The van der Waals surface area contributed by atoms with Gasteiger partial charge < -0.3 is 4.74 Å². The van der Waals surface area contributed by atoms with E-state index in [9.17, 15) is 9.59 Å². The van der Waals surface area contributed by atoms with Crippen LogP contribution in [0.15, 0.2) is 17.0 Å². The minimum absolute atomic E-state index is 0.00301. The Kier molecular flexibility index (Phi) is 4.73. The largest absolute Gasteiger partial charge is 0.466 e. The normalized spacial score (nSPS) is 9.47. The van der Waals surface area contributed by atoms with Crippen molar-refractivity contribution in [3.63, 3.8) is 0 Å². The number of hydrogen-bond acceptors (Lipinski definition) is 5. The van der Waals surface area contributed by atoms with Crippen LogP contribution in [-0.4, -0.2) is 18.9 Å². The minimum atomic E-state index is -0.408. The summed E-state index contributed by atoms with van der Waals surface area (Å²) in [4.78, 5) is 22.5. The van der Waals surface area contributed by atoms with Crippen LogP contribution < -0.4 is 0 Å². The predicted octanol–water partition coefficient (Wildman–Crippen LogP) is 1.77. The van der Waals surface area contributed by atoms with Gasteiger partial charge in [-0.15, -0.1) is 12.6 Å². The van der Waals surface area contributed by atoms with Gasteiger partial charge in [-0.1, -0.05) is 0 Å². The Morgan fingerprint density at radius 1 is 1.59 bits per heavy atom. The van der Waals surface area contributed by atoms with E-state index in [-0.39, 0.29) is 6.42 Å². The summed E-state index contributed by atoms with van der Waals surface area (Å²) in [7, 11) is 0. The predicted molar refractivity (Wildman–Crippen MR) is 64.1 cm³/mol. The molecule has 0 radical (unpaired) electrons. The molecule has 0 amide bonds. The Morgan fingerprint density at radius 3 is 2.82 bits per heavy atom. The second kappa shape index (κ2) is 6.06. The number of esters is 1. The van der Waals surface area contributed by atoms with Gasteiger partial charge in [0.1, 0.15) is 0 Å². The molecule has 0 unspecified atom stereocenters. The maximum atomic E-state index is 11.3. The van der Waals surface area contributed by atoms with Crippen molar-refractivity contribution < 1.29 is 14.3 Å². The molecule has 0 aliphatic heterocycles. The highest BCUT2D eigenvalue weighted by atomic mass is 32.1. The fourth-order valence-electron chi connectivity index (χ4n) is 1.38. The van der Waals surface area contributed by atoms with E-state index in [2.05, 4.69) is 12.6 Å². The highest BCUT2D eigenvalue weighted by Gasteiger charge is 2.12. The number of rotatable bonds is 4. The summed E-state index contributed by atoms with van der Waals surface area (Å²) < 4.78 is 4.80. The SMILES string of the molecule is CCOC(=O)Cc1cc(C#N)cc(C=O)c1S. The van der Waals surface area contributed by atoms with E-state index in [4.69, 9.17) is 10.00 Å². The van der Waals surface area contributed by atoms with Gasteiger partial charge >= 0.3 is 5.97 Å². The van der Waals surface area contributed by atoms with Gasteiger partial charge in [-0.3, -0.25) is 9.59 Å². The first kappa shape index (κ1) is 13.3. The van der Waals surface area contributed by atoms with Gasteiger partial charge in [0.15, 0.2) is 6.29 Å². The van der Waals surface area contributed by atoms with Crippen LogP contribution in [0.2, 0.25) is 0 Å². The molecule has 88 valence electrons. The molecular formula is C12H11NO3S. The Bertz CT molecular complexity index is 491. The molecule has 0 saturated heterocycles. The Balaban J connectivity index is 3.10. The van der Waals surface area contributed by atoms with E-state index in [1.54, 1.807) is 6.92 Å². The smallest absolute Gasteiger partial charge is 0.310 e. The van der Waals surface area contributed by atoms with Crippen LogP contribution in [0.25, 0.3) is 0 Å². The molecule has 0 fully saturated rings. The van der Waals surface area contributed by atoms with Gasteiger partial charge in [0.2, 0.25) is 0 Å². The maximum Gasteiger partial charge on any atom is 0.310 e. The topological polar surface area (TPSA) is 67.2 Å². The molecule has 0 spiro atoms. The van der Waals surface area contributed by atoms with Crippen molar-refractivity contribution in [1.82, 2.24) is 0 Å². The number of nitrogens with zero attached hydrogens (tertiary/aromatic N) is 1. The summed E-state index contributed by atoms with van der Waals surface area (Å²) in [6.07, 6.45) is 0.612. The summed E-state index contributed by atoms with van der Waals surface area (Å²) in [6.45, 7) is 2.00. The molecule has 0 heterocycles. The van der Waals surface area contributed by atoms with E-state index in [0.29, 0.717) is 34.5 Å². The van der Waals surface area contributed by atoms with E-state index >= 15 is 0 Å². The zero-order valence-electron chi connectivity index (χ0n) is 9.27. The second-order valence-electron chi connectivity index (χ2n) is 3.28. The molecule has 0 aromatic heterocycles. The summed E-state index contributed by atoms with van der Waals surface area (Å²) in [6, 6.07) is 4.90. The summed E-state index contributed by atoms with van der Waals surface area (Å²) in [5.74, 6) is -0.408. The maximum absolute atomic E-state index is 11.3. The van der Waals surface area contributed by atoms with E-state index in [1.807, 2.05) is 6.07 Å². The van der Waals surface area contributed by atoms with Crippen molar-refractivity contribution in [3.05, 3.63) is 28.8 Å². The number of hydrogen-bond donors (Lipinski definition) is 1. The third-order valence-electron chi connectivity index (χ3n) is 2.11. The zero-order valence-corrected chi connectivity index (χ0v) is 10.2. The minimum Gasteiger partial charge on any atom is -0.466 e. The Hall–Kier alpha value is -1.80. The molecule has 0 aliphatic rings. The molecule has 0 saturated carbocycles. The fourth-order valence-corrected chi connectivity index (χ4v) is 1.64. The van der Waals surface area contributed by atoms with Crippen molar-refractivity contribution >= 4 is 24.9 Å². The quantitative estimate of drug-likeness (QED) is 0.501. The second-order valence-corrected chi connectivity index (χ2v) is 3.73. The van der Waals surface area contributed by atoms with Crippen molar-refractivity contribution in [3.8, 4) is 6.07 Å². The number of aldehydes is 1. The standard InChI is InChI=1S/C12H11NO3S/c1-2-16-11(15)5-9-3-8(6-13)4-10(7-14)12(9)17/h3-4,7,17H,2,5H2,1H3. The zero-order chi connectivity index (χ0) is 12.8. The average molecular weight is 249 g/mol. The van der Waals surface area contributed by atoms with Gasteiger partial charge in [-0.05, 0) is 24.6 Å². The molecule has 1 aromatic rings. The third-order valence-corrected chi connectivity index (χ3v) is 2.66. The number of thiol groups is 1. The summed E-state index contributed by atoms with van der Waals surface area (Å²) in [5.41, 5.74) is 1.14. The van der Waals surface area contributed by atoms with Crippen LogP contribution in [0.3, 0.4) is 0 Å². The molecule has 17 heavy (non-hydrogen) atoms. The van der Waals surface area contributed by atoms with Gasteiger partial charge in [0.25, 0.3) is 0 Å². The van der Waals surface area contributed by atoms with E-state index in [1.165, 1.54) is 12.1 Å². The lowest BCUT2D eigenvalue weighted by Crippen LogP contribution is -2.09. The first-order valence-corrected chi connectivity index (χ1v) is 5.43. The number of ether oxygens (including phenoxy) is 1. The summed E-state index contributed by atoms with van der Waals surface area (Å²) in [5, 5.41) is 8.80. The molecule has 0 bridgehead atoms. The van der Waals surface area contributed by atoms with Crippen molar-refractivity contribution in [2.45, 2.75) is 18.2 Å². The van der Waals surface area contributed by atoms with E-state index < -0.39 is 5.97 Å². The molecule has 4 nitrogen and oxygen atoms in total. The van der Waals surface area contributed by atoms with Crippen LogP contribution in [0.4, 0.5) is 0 Å². The lowest BCUT2D eigenvalue weighted by molar-refractivity contribution is -0.142. The third kappa shape index (κ3) is 3.33. The number of nitriles is 1. The first-order chi connectivity index (χ1) is 8.12. The van der Waals surface area contributed by atoms with Crippen molar-refractivity contribution in [1.29, 1.82) is 5.26 Å². The highest BCUT2D eigenvalue weighted by molar-refractivity contribution is 7.80. The fraction of sp³-hybridized carbons (Fsp3) is 0.250. The van der Waals surface area contributed by atoms with Crippen LogP contribution in [0, 0.1) is 11.3 Å².